The lowest BCUT2D eigenvalue weighted by Crippen LogP contribution is -2.39. The highest BCUT2D eigenvalue weighted by molar-refractivity contribution is 6.09. The van der Waals surface area contributed by atoms with E-state index in [1.165, 1.54) is 12.1 Å². The van der Waals surface area contributed by atoms with Crippen molar-refractivity contribution in [1.29, 1.82) is 0 Å². The molecule has 6 heteroatoms. The molecule has 0 fully saturated rings. The summed E-state index contributed by atoms with van der Waals surface area (Å²) in [5.74, 6) is -3.48. The normalized spacial score (nSPS) is 14.3. The van der Waals surface area contributed by atoms with Crippen LogP contribution in [0.15, 0.2) is 36.4 Å². The van der Waals surface area contributed by atoms with E-state index in [4.69, 9.17) is 0 Å². The molecule has 4 nitrogen and oxygen atoms in total. The molecule has 0 unspecified atom stereocenters. The Morgan fingerprint density at radius 1 is 0.952 bits per heavy atom. The second-order valence-corrected chi connectivity index (χ2v) is 4.69. The number of hydrogen-bond acceptors (Lipinski definition) is 3. The number of hydroxylamine groups is 2. The van der Waals surface area contributed by atoms with Crippen LogP contribution in [0, 0.1) is 11.6 Å². The first-order valence-corrected chi connectivity index (χ1v) is 6.12. The monoisotopic (exact) mass is 289 g/mol. The van der Waals surface area contributed by atoms with E-state index in [2.05, 4.69) is 0 Å². The van der Waals surface area contributed by atoms with Crippen molar-refractivity contribution in [2.75, 3.05) is 0 Å². The van der Waals surface area contributed by atoms with Gasteiger partial charge >= 0.3 is 0 Å². The fourth-order valence-electron chi connectivity index (χ4n) is 2.25. The maximum Gasteiger partial charge on any atom is 0.284 e. The molecule has 1 N–H and O–H groups in total. The highest BCUT2D eigenvalue weighted by atomic mass is 19.2. The number of hydrogen-bond donors (Lipinski definition) is 1. The fraction of sp³-hybridized carbons (Fsp3) is 0.0667. The molecule has 0 radical (unpaired) electrons. The standard InChI is InChI=1S/C15H9F2NO3/c16-12-4-3-9(6-13(12)17)8-1-2-10-7-14(19)18(21)15(20)11(10)5-8/h1-6,21H,7H2. The number of carbonyl (C=O) groups is 2. The predicted molar refractivity (Wildman–Crippen MR) is 68.5 cm³/mol. The topological polar surface area (TPSA) is 57.6 Å². The van der Waals surface area contributed by atoms with Crippen molar-refractivity contribution in [3.63, 3.8) is 0 Å². The van der Waals surface area contributed by atoms with Gasteiger partial charge in [0.05, 0.1) is 6.42 Å². The summed E-state index contributed by atoms with van der Waals surface area (Å²) in [5.41, 5.74) is 1.54. The van der Waals surface area contributed by atoms with Crippen LogP contribution >= 0.6 is 0 Å². The summed E-state index contributed by atoms with van der Waals surface area (Å²) >= 11 is 0. The number of carbonyl (C=O) groups excluding carboxylic acids is 2. The molecule has 1 aliphatic heterocycles. The van der Waals surface area contributed by atoms with Crippen molar-refractivity contribution < 1.29 is 23.6 Å². The van der Waals surface area contributed by atoms with Crippen molar-refractivity contribution in [3.05, 3.63) is 59.2 Å². The lowest BCUT2D eigenvalue weighted by atomic mass is 9.94. The molecule has 0 spiro atoms. The average molecular weight is 289 g/mol. The number of imide groups is 1. The quantitative estimate of drug-likeness (QED) is 0.648. The van der Waals surface area contributed by atoms with Gasteiger partial charge in [0.25, 0.3) is 11.8 Å². The van der Waals surface area contributed by atoms with E-state index in [9.17, 15) is 23.6 Å². The molecule has 0 aliphatic carbocycles. The van der Waals surface area contributed by atoms with E-state index in [0.29, 0.717) is 16.7 Å². The molecule has 2 amide bonds. The van der Waals surface area contributed by atoms with E-state index >= 15 is 0 Å². The SMILES string of the molecule is O=C1Cc2ccc(-c3ccc(F)c(F)c3)cc2C(=O)N1O. The zero-order chi connectivity index (χ0) is 15.1. The van der Waals surface area contributed by atoms with Crippen molar-refractivity contribution >= 4 is 11.8 Å². The Bertz CT molecular complexity index is 774. The van der Waals surface area contributed by atoms with Gasteiger partial charge in [0, 0.05) is 5.56 Å². The van der Waals surface area contributed by atoms with Crippen LogP contribution < -0.4 is 0 Å². The van der Waals surface area contributed by atoms with Crippen molar-refractivity contribution in [2.45, 2.75) is 6.42 Å². The van der Waals surface area contributed by atoms with Crippen molar-refractivity contribution in [2.24, 2.45) is 0 Å². The van der Waals surface area contributed by atoms with Gasteiger partial charge in [-0.25, -0.2) is 8.78 Å². The van der Waals surface area contributed by atoms with Crippen LogP contribution in [-0.4, -0.2) is 22.1 Å². The highest BCUT2D eigenvalue weighted by Gasteiger charge is 2.30. The summed E-state index contributed by atoms with van der Waals surface area (Å²) in [5, 5.41) is 9.43. The summed E-state index contributed by atoms with van der Waals surface area (Å²) in [4.78, 5) is 23.2. The molecule has 0 atom stereocenters. The number of benzene rings is 2. The summed E-state index contributed by atoms with van der Waals surface area (Å²) < 4.78 is 26.2. The molecule has 2 aromatic carbocycles. The summed E-state index contributed by atoms with van der Waals surface area (Å²) in [6, 6.07) is 8.02. The Morgan fingerprint density at radius 3 is 2.33 bits per heavy atom. The Morgan fingerprint density at radius 2 is 1.62 bits per heavy atom. The van der Waals surface area contributed by atoms with Crippen LogP contribution in [0.5, 0.6) is 0 Å². The Balaban J connectivity index is 2.09. The van der Waals surface area contributed by atoms with Gasteiger partial charge in [-0.1, -0.05) is 18.2 Å². The Kier molecular flexibility index (Phi) is 3.03. The largest absolute Gasteiger partial charge is 0.284 e. The molecule has 0 aromatic heterocycles. The lowest BCUT2D eigenvalue weighted by molar-refractivity contribution is -0.153. The third-order valence-corrected chi connectivity index (χ3v) is 3.36. The van der Waals surface area contributed by atoms with E-state index in [-0.39, 0.29) is 17.0 Å². The van der Waals surface area contributed by atoms with E-state index in [1.807, 2.05) is 0 Å². The fourth-order valence-corrected chi connectivity index (χ4v) is 2.25. The maximum absolute atomic E-state index is 13.3. The molecule has 106 valence electrons. The molecule has 21 heavy (non-hydrogen) atoms. The van der Waals surface area contributed by atoms with Crippen LogP contribution in [-0.2, 0) is 11.2 Å². The van der Waals surface area contributed by atoms with Crippen LogP contribution in [0.3, 0.4) is 0 Å². The summed E-state index contributed by atoms with van der Waals surface area (Å²) in [6.07, 6.45) is -0.0877. The zero-order valence-electron chi connectivity index (χ0n) is 10.6. The minimum atomic E-state index is -0.990. The molecule has 1 aliphatic rings. The van der Waals surface area contributed by atoms with Gasteiger partial charge in [-0.2, -0.15) is 5.06 Å². The van der Waals surface area contributed by atoms with E-state index in [0.717, 1.165) is 12.1 Å². The van der Waals surface area contributed by atoms with Gasteiger partial charge in [0.2, 0.25) is 0 Å². The first-order valence-electron chi connectivity index (χ1n) is 6.12. The third-order valence-electron chi connectivity index (χ3n) is 3.36. The Hall–Kier alpha value is -2.60. The minimum absolute atomic E-state index is 0.0668. The van der Waals surface area contributed by atoms with E-state index < -0.39 is 23.4 Å². The first-order chi connectivity index (χ1) is 9.97. The molecule has 1 heterocycles. The number of amides is 2. The Labute approximate surface area is 118 Å². The third kappa shape index (κ3) is 2.19. The minimum Gasteiger partial charge on any atom is -0.278 e. The smallest absolute Gasteiger partial charge is 0.278 e. The van der Waals surface area contributed by atoms with E-state index in [1.54, 1.807) is 12.1 Å². The van der Waals surface area contributed by atoms with Crippen LogP contribution in [0.25, 0.3) is 11.1 Å². The zero-order valence-corrected chi connectivity index (χ0v) is 10.6. The van der Waals surface area contributed by atoms with Crippen molar-refractivity contribution in [3.8, 4) is 11.1 Å². The lowest BCUT2D eigenvalue weighted by Gasteiger charge is -2.21. The van der Waals surface area contributed by atoms with Gasteiger partial charge in [-0.05, 0) is 34.9 Å². The molecule has 0 saturated carbocycles. The predicted octanol–water partition coefficient (Wildman–Crippen LogP) is 2.55. The maximum atomic E-state index is 13.3. The summed E-state index contributed by atoms with van der Waals surface area (Å²) in [7, 11) is 0. The van der Waals surface area contributed by atoms with Crippen LogP contribution in [0.4, 0.5) is 8.78 Å². The molecule has 0 saturated heterocycles. The average Bonchev–Trinajstić information content (AvgIpc) is 2.47. The number of fused-ring (bicyclic) bond motifs is 1. The molecular formula is C15H9F2NO3. The second-order valence-electron chi connectivity index (χ2n) is 4.69. The van der Waals surface area contributed by atoms with Crippen molar-refractivity contribution in [1.82, 2.24) is 5.06 Å². The number of nitrogens with zero attached hydrogens (tertiary/aromatic N) is 1. The number of halogens is 2. The first kappa shape index (κ1) is 13.4. The molecule has 3 rings (SSSR count). The number of rotatable bonds is 1. The highest BCUT2D eigenvalue weighted by Crippen LogP contribution is 2.27. The molecule has 2 aromatic rings. The second kappa shape index (κ2) is 4.75. The molecule has 0 bridgehead atoms. The van der Waals surface area contributed by atoms with Gasteiger partial charge in [0.1, 0.15) is 0 Å². The van der Waals surface area contributed by atoms with Crippen LogP contribution in [0.1, 0.15) is 15.9 Å². The van der Waals surface area contributed by atoms with Crippen LogP contribution in [0.2, 0.25) is 0 Å². The van der Waals surface area contributed by atoms with Gasteiger partial charge in [-0.15, -0.1) is 0 Å². The van der Waals surface area contributed by atoms with Gasteiger partial charge in [0.15, 0.2) is 11.6 Å². The van der Waals surface area contributed by atoms with Gasteiger partial charge in [-0.3, -0.25) is 14.8 Å². The molecular weight excluding hydrogens is 280 g/mol. The summed E-state index contributed by atoms with van der Waals surface area (Å²) in [6.45, 7) is 0. The van der Waals surface area contributed by atoms with Gasteiger partial charge < -0.3 is 0 Å².